The van der Waals surface area contributed by atoms with Gasteiger partial charge in [0.15, 0.2) is 0 Å². The van der Waals surface area contributed by atoms with Crippen LogP contribution in [-0.4, -0.2) is 67.8 Å². The molecule has 0 bridgehead atoms. The van der Waals surface area contributed by atoms with Crippen molar-refractivity contribution >= 4 is 10.0 Å². The smallest absolute Gasteiger partial charge is 0.213 e. The number of β-amino-alcohol motifs (C(OH)–C–C–N with tert-alkyl or cyclic N) is 1. The summed E-state index contributed by atoms with van der Waals surface area (Å²) >= 11 is 0. The van der Waals surface area contributed by atoms with Crippen LogP contribution < -0.4 is 0 Å². The van der Waals surface area contributed by atoms with Crippen LogP contribution in [0.15, 0.2) is 0 Å². The highest BCUT2D eigenvalue weighted by Gasteiger charge is 2.22. The number of sulfonamides is 1. The van der Waals surface area contributed by atoms with E-state index in [1.165, 1.54) is 11.4 Å². The van der Waals surface area contributed by atoms with Gasteiger partial charge in [0.1, 0.15) is 0 Å². The molecule has 0 aliphatic carbocycles. The minimum absolute atomic E-state index is 0.0808. The second kappa shape index (κ2) is 6.84. The summed E-state index contributed by atoms with van der Waals surface area (Å²) in [7, 11) is -1.66. The van der Waals surface area contributed by atoms with E-state index in [0.29, 0.717) is 6.54 Å². The van der Waals surface area contributed by atoms with Gasteiger partial charge in [0.05, 0.1) is 11.9 Å². The third-order valence-corrected chi connectivity index (χ3v) is 5.48. The average Bonchev–Trinajstić information content (AvgIpc) is 2.32. The summed E-state index contributed by atoms with van der Waals surface area (Å²) < 4.78 is 24.4. The van der Waals surface area contributed by atoms with Crippen molar-refractivity contribution < 1.29 is 13.5 Å². The first kappa shape index (κ1) is 15.9. The molecule has 0 spiro atoms. The zero-order chi connectivity index (χ0) is 13.8. The lowest BCUT2D eigenvalue weighted by Gasteiger charge is -2.32. The molecule has 1 rings (SSSR count). The van der Waals surface area contributed by atoms with Crippen molar-refractivity contribution in [1.29, 1.82) is 0 Å². The van der Waals surface area contributed by atoms with Crippen LogP contribution in [0.3, 0.4) is 0 Å². The van der Waals surface area contributed by atoms with Crippen molar-refractivity contribution in [3.8, 4) is 0 Å². The molecule has 0 aromatic heterocycles. The fraction of sp³-hybridized carbons (Fsp3) is 1.00. The Balaban J connectivity index is 2.35. The first-order valence-electron chi connectivity index (χ1n) is 6.69. The number of likely N-dealkylation sites (N-methyl/N-ethyl adjacent to an activating group) is 1. The number of hydrogen-bond donors (Lipinski definition) is 1. The molecule has 0 aromatic rings. The van der Waals surface area contributed by atoms with Crippen molar-refractivity contribution in [2.45, 2.75) is 32.8 Å². The largest absolute Gasteiger partial charge is 0.390 e. The fourth-order valence-corrected chi connectivity index (χ4v) is 3.07. The van der Waals surface area contributed by atoms with Crippen LogP contribution in [0.2, 0.25) is 0 Å². The quantitative estimate of drug-likeness (QED) is 0.762. The summed E-state index contributed by atoms with van der Waals surface area (Å²) in [5, 5.41) is 9.95. The number of rotatable bonds is 6. The molecule has 1 saturated heterocycles. The molecule has 1 fully saturated rings. The molecule has 5 nitrogen and oxygen atoms in total. The standard InChI is InChI=1S/C12H26N2O3S/c1-4-18(16,17)13(3)9-12(15)10-14-7-5-11(2)6-8-14/h11-12,15H,4-10H2,1-3H3. The summed E-state index contributed by atoms with van der Waals surface area (Å²) in [5.41, 5.74) is 0. The zero-order valence-corrected chi connectivity index (χ0v) is 12.5. The van der Waals surface area contributed by atoms with Crippen LogP contribution in [0.5, 0.6) is 0 Å². The van der Waals surface area contributed by atoms with Crippen molar-refractivity contribution in [3.05, 3.63) is 0 Å². The van der Waals surface area contributed by atoms with Crippen LogP contribution >= 0.6 is 0 Å². The van der Waals surface area contributed by atoms with Gasteiger partial charge in [0, 0.05) is 20.1 Å². The van der Waals surface area contributed by atoms with Crippen LogP contribution in [0.1, 0.15) is 26.7 Å². The van der Waals surface area contributed by atoms with Crippen molar-refractivity contribution in [2.24, 2.45) is 5.92 Å². The molecule has 1 aliphatic rings. The number of aliphatic hydroxyl groups excluding tert-OH is 1. The Morgan fingerprint density at radius 3 is 2.44 bits per heavy atom. The molecule has 0 radical (unpaired) electrons. The third kappa shape index (κ3) is 4.84. The topological polar surface area (TPSA) is 60.9 Å². The minimum Gasteiger partial charge on any atom is -0.390 e. The lowest BCUT2D eigenvalue weighted by Crippen LogP contribution is -2.43. The highest BCUT2D eigenvalue weighted by Crippen LogP contribution is 2.16. The summed E-state index contributed by atoms with van der Waals surface area (Å²) in [6, 6.07) is 0. The lowest BCUT2D eigenvalue weighted by molar-refractivity contribution is 0.0813. The van der Waals surface area contributed by atoms with Gasteiger partial charge in [0.2, 0.25) is 10.0 Å². The minimum atomic E-state index is -3.19. The Hall–Kier alpha value is -0.170. The Bertz CT molecular complexity index is 337. The highest BCUT2D eigenvalue weighted by atomic mass is 32.2. The SMILES string of the molecule is CCS(=O)(=O)N(C)CC(O)CN1CCC(C)CC1. The number of piperidine rings is 1. The number of hydrogen-bond acceptors (Lipinski definition) is 4. The van der Waals surface area contributed by atoms with Gasteiger partial charge in [-0.3, -0.25) is 0 Å². The normalized spacial score (nSPS) is 21.4. The van der Waals surface area contributed by atoms with E-state index in [2.05, 4.69) is 11.8 Å². The lowest BCUT2D eigenvalue weighted by atomic mass is 9.99. The monoisotopic (exact) mass is 278 g/mol. The first-order valence-corrected chi connectivity index (χ1v) is 8.30. The molecule has 1 N–H and O–H groups in total. The fourth-order valence-electron chi connectivity index (χ4n) is 2.23. The molecule has 1 atom stereocenters. The number of likely N-dealkylation sites (tertiary alicyclic amines) is 1. The summed E-state index contributed by atoms with van der Waals surface area (Å²) in [4.78, 5) is 2.22. The Morgan fingerprint density at radius 2 is 1.94 bits per heavy atom. The summed E-state index contributed by atoms with van der Waals surface area (Å²) in [6.07, 6.45) is 1.72. The zero-order valence-electron chi connectivity index (χ0n) is 11.7. The maximum atomic E-state index is 11.6. The molecule has 6 heteroatoms. The van der Waals surface area contributed by atoms with E-state index in [1.807, 2.05) is 0 Å². The second-order valence-corrected chi connectivity index (χ2v) is 7.68. The summed E-state index contributed by atoms with van der Waals surface area (Å²) in [6.45, 7) is 6.61. The molecule has 1 unspecified atom stereocenters. The van der Waals surface area contributed by atoms with Gasteiger partial charge in [0.25, 0.3) is 0 Å². The molecular formula is C12H26N2O3S. The predicted molar refractivity (Wildman–Crippen MR) is 72.9 cm³/mol. The molecule has 0 aromatic carbocycles. The van der Waals surface area contributed by atoms with Crippen molar-refractivity contribution in [3.63, 3.8) is 0 Å². The Kier molecular flexibility index (Phi) is 6.04. The Labute approximate surface area is 111 Å². The van der Waals surface area contributed by atoms with Gasteiger partial charge in [-0.1, -0.05) is 6.92 Å². The molecule has 0 amide bonds. The second-order valence-electron chi connectivity index (χ2n) is 5.32. The van der Waals surface area contributed by atoms with Gasteiger partial charge >= 0.3 is 0 Å². The highest BCUT2D eigenvalue weighted by molar-refractivity contribution is 7.89. The van der Waals surface area contributed by atoms with E-state index >= 15 is 0 Å². The van der Waals surface area contributed by atoms with Crippen LogP contribution in [-0.2, 0) is 10.0 Å². The van der Waals surface area contributed by atoms with Crippen molar-refractivity contribution in [2.75, 3.05) is 39.0 Å². The van der Waals surface area contributed by atoms with E-state index in [4.69, 9.17) is 0 Å². The molecule has 1 aliphatic heterocycles. The third-order valence-electron chi connectivity index (χ3n) is 3.65. The van der Waals surface area contributed by atoms with Gasteiger partial charge in [-0.2, -0.15) is 0 Å². The van der Waals surface area contributed by atoms with Gasteiger partial charge < -0.3 is 10.0 Å². The maximum Gasteiger partial charge on any atom is 0.213 e. The maximum absolute atomic E-state index is 11.6. The molecule has 18 heavy (non-hydrogen) atoms. The van der Waals surface area contributed by atoms with Gasteiger partial charge in [-0.05, 0) is 38.8 Å². The van der Waals surface area contributed by atoms with Gasteiger partial charge in [-0.25, -0.2) is 12.7 Å². The molecular weight excluding hydrogens is 252 g/mol. The van der Waals surface area contributed by atoms with E-state index in [9.17, 15) is 13.5 Å². The van der Waals surface area contributed by atoms with Crippen LogP contribution in [0.4, 0.5) is 0 Å². The first-order chi connectivity index (χ1) is 8.35. The van der Waals surface area contributed by atoms with Crippen molar-refractivity contribution in [1.82, 2.24) is 9.21 Å². The van der Waals surface area contributed by atoms with E-state index in [1.54, 1.807) is 6.92 Å². The molecule has 0 saturated carbocycles. The number of aliphatic hydroxyl groups is 1. The van der Waals surface area contributed by atoms with Crippen LogP contribution in [0, 0.1) is 5.92 Å². The molecule has 1 heterocycles. The van der Waals surface area contributed by atoms with E-state index in [0.717, 1.165) is 31.8 Å². The van der Waals surface area contributed by atoms with Gasteiger partial charge in [-0.15, -0.1) is 0 Å². The summed E-state index contributed by atoms with van der Waals surface area (Å²) in [5.74, 6) is 0.846. The molecule has 108 valence electrons. The number of nitrogens with zero attached hydrogens (tertiary/aromatic N) is 2. The average molecular weight is 278 g/mol. The Morgan fingerprint density at radius 1 is 1.39 bits per heavy atom. The van der Waals surface area contributed by atoms with Crippen LogP contribution in [0.25, 0.3) is 0 Å². The predicted octanol–water partition coefficient (Wildman–Crippen LogP) is 0.361. The van der Waals surface area contributed by atoms with E-state index < -0.39 is 16.1 Å². The van der Waals surface area contributed by atoms with E-state index in [-0.39, 0.29) is 12.3 Å².